The smallest absolute Gasteiger partial charge is 0.220 e. The summed E-state index contributed by atoms with van der Waals surface area (Å²) in [5, 5.41) is 73.2. The number of amides is 1. The van der Waals surface area contributed by atoms with Crippen molar-refractivity contribution in [2.45, 2.75) is 206 Å². The maximum absolute atomic E-state index is 13.3. The van der Waals surface area contributed by atoms with E-state index >= 15 is 0 Å². The van der Waals surface area contributed by atoms with E-state index in [1.54, 1.807) is 5.38 Å². The molecule has 4 aliphatic rings. The first-order valence-electron chi connectivity index (χ1n) is 25.3. The second-order valence-electron chi connectivity index (χ2n) is 19.3. The Balaban J connectivity index is 1.01. The minimum Gasteiger partial charge on any atom is -0.389 e. The molecule has 19 unspecified atom stereocenters. The molecule has 0 bridgehead atoms. The zero-order valence-corrected chi connectivity index (χ0v) is 42.6. The van der Waals surface area contributed by atoms with Crippen molar-refractivity contribution in [1.29, 1.82) is 0 Å². The van der Waals surface area contributed by atoms with Crippen LogP contribution in [0.2, 0.25) is 0 Å². The first-order chi connectivity index (χ1) is 34.9. The molecule has 5 heterocycles. The zero-order valence-electron chi connectivity index (χ0n) is 41.0. The fourth-order valence-corrected chi connectivity index (χ4v) is 11.0. The molecule has 4 fully saturated rings. The molecule has 2 aromatic heterocycles. The van der Waals surface area contributed by atoms with E-state index in [9.17, 15) is 45.0 Å². The Morgan fingerprint density at radius 3 is 1.84 bits per heavy atom. The number of hydrogen-bond acceptors (Lipinski definition) is 26. The number of carbonyl (C=O) groups is 3. The second-order valence-corrected chi connectivity index (χ2v) is 21.1. The minimum atomic E-state index is -1.68. The molecular weight excluding hydrogens is 997 g/mol. The van der Waals surface area contributed by atoms with Crippen LogP contribution in [-0.2, 0) is 44.4 Å². The number of aliphatic hydroxyl groups excluding tert-OH is 6. The number of aromatic nitrogens is 2. The number of rotatable bonds is 28. The molecule has 21 N–H and O–H groups in total. The van der Waals surface area contributed by atoms with E-state index in [0.717, 1.165) is 50.1 Å². The summed E-state index contributed by atoms with van der Waals surface area (Å²) in [5.74, 6) is -0.655. The number of carbonyl (C=O) groups excluding carboxylic acids is 3. The number of unbranched alkanes of at least 4 members (excludes halogenated alkanes) is 6. The van der Waals surface area contributed by atoms with Crippen LogP contribution < -0.4 is 45.5 Å². The van der Waals surface area contributed by atoms with E-state index < -0.39 is 116 Å². The lowest BCUT2D eigenvalue weighted by Crippen LogP contribution is -2.68. The van der Waals surface area contributed by atoms with E-state index in [1.165, 1.54) is 29.1 Å². The molecule has 27 heteroatoms. The number of ether oxygens (including phenoxy) is 6. The summed E-state index contributed by atoms with van der Waals surface area (Å²) in [6.45, 7) is 0.579. The fourth-order valence-electron chi connectivity index (χ4n) is 9.39. The number of aliphatic hydroxyl groups is 6. The lowest BCUT2D eigenvalue weighted by atomic mass is 9.84. The Hall–Kier alpha value is -2.69. The Morgan fingerprint density at radius 1 is 0.616 bits per heavy atom. The molecule has 1 aliphatic carbocycles. The van der Waals surface area contributed by atoms with E-state index in [2.05, 4.69) is 15.3 Å². The molecule has 2 aromatic rings. The van der Waals surface area contributed by atoms with Gasteiger partial charge in [-0.1, -0.05) is 32.1 Å². The quantitative estimate of drug-likeness (QED) is 0.0290. The molecule has 0 radical (unpaired) electrons. The molecular formula is C46H78N10O15S2. The van der Waals surface area contributed by atoms with Gasteiger partial charge in [0.1, 0.15) is 83.2 Å². The van der Waals surface area contributed by atoms with Gasteiger partial charge in [0.25, 0.3) is 0 Å². The summed E-state index contributed by atoms with van der Waals surface area (Å²) < 4.78 is 36.2. The molecule has 6 rings (SSSR count). The van der Waals surface area contributed by atoms with Gasteiger partial charge in [0.15, 0.2) is 24.7 Å². The van der Waals surface area contributed by atoms with Crippen LogP contribution in [0.25, 0.3) is 10.7 Å². The molecule has 25 nitrogen and oxygen atoms in total. The van der Waals surface area contributed by atoms with Gasteiger partial charge in [0.2, 0.25) is 5.91 Å². The van der Waals surface area contributed by atoms with Crippen molar-refractivity contribution in [3.63, 3.8) is 0 Å². The Kier molecular flexibility index (Phi) is 23.3. The summed E-state index contributed by atoms with van der Waals surface area (Å²) in [7, 11) is 0. The van der Waals surface area contributed by atoms with Gasteiger partial charge in [0, 0.05) is 74.6 Å². The third-order valence-corrected chi connectivity index (χ3v) is 15.6. The van der Waals surface area contributed by atoms with Gasteiger partial charge in [0.05, 0.1) is 29.3 Å². The third kappa shape index (κ3) is 15.7. The molecule has 1 saturated carbocycles. The maximum Gasteiger partial charge on any atom is 0.220 e. The van der Waals surface area contributed by atoms with Gasteiger partial charge in [-0.25, -0.2) is 9.97 Å². The highest BCUT2D eigenvalue weighted by molar-refractivity contribution is 7.14. The van der Waals surface area contributed by atoms with Crippen LogP contribution in [0.1, 0.15) is 99.0 Å². The van der Waals surface area contributed by atoms with Crippen LogP contribution in [0.15, 0.2) is 10.8 Å². The van der Waals surface area contributed by atoms with Crippen LogP contribution in [0.5, 0.6) is 0 Å². The summed E-state index contributed by atoms with van der Waals surface area (Å²) >= 11 is 2.77. The third-order valence-electron chi connectivity index (χ3n) is 13.9. The van der Waals surface area contributed by atoms with Crippen LogP contribution in [0, 0.1) is 0 Å². The number of Topliss-reactive ketones (excluding diaryl/α,β-unsaturated/α-hetero) is 2. The summed E-state index contributed by atoms with van der Waals surface area (Å²) in [6.07, 6.45) is -12.9. The predicted octanol–water partition coefficient (Wildman–Crippen LogP) is -3.56. The first kappa shape index (κ1) is 59.6. The monoisotopic (exact) mass is 1070 g/mol. The molecule has 19 atom stereocenters. The average molecular weight is 1080 g/mol. The van der Waals surface area contributed by atoms with Gasteiger partial charge in [-0.05, 0) is 32.2 Å². The highest BCUT2D eigenvalue weighted by atomic mass is 32.1. The fraction of sp³-hybridized carbons (Fsp3) is 0.804. The SMILES string of the molecule is NCCCCCCCCCC(=O)c1csc(-c2csc(CCNC(=O)CCC(=O)CCC3OC(OC4C(O)C(N)CC(N)C4OC4OC(CN)C(O)C(O)C4N)C(O)C3OC3OC(CN)C(O)C(O)C3N)n2)n1. The van der Waals surface area contributed by atoms with Crippen molar-refractivity contribution >= 4 is 40.1 Å². The molecule has 0 aromatic carbocycles. The van der Waals surface area contributed by atoms with Crippen LogP contribution >= 0.6 is 22.7 Å². The number of nitrogens with one attached hydrogen (secondary N) is 1. The van der Waals surface area contributed by atoms with E-state index in [1.807, 2.05) is 5.38 Å². The minimum absolute atomic E-state index is 0.0184. The van der Waals surface area contributed by atoms with Crippen LogP contribution in [-0.4, -0.2) is 201 Å². The molecule has 0 spiro atoms. The number of nitrogens with zero attached hydrogens (tertiary/aromatic N) is 2. The zero-order chi connectivity index (χ0) is 52.9. The Bertz CT molecular complexity index is 2030. The average Bonchev–Trinajstić information content (AvgIpc) is 4.13. The summed E-state index contributed by atoms with van der Waals surface area (Å²) in [5.41, 5.74) is 43.3. The van der Waals surface area contributed by atoms with Crippen molar-refractivity contribution in [3.8, 4) is 10.7 Å². The topological polar surface area (TPSA) is 448 Å². The Labute approximate surface area is 432 Å². The first-order valence-corrected chi connectivity index (χ1v) is 27.1. The summed E-state index contributed by atoms with van der Waals surface area (Å²) in [6, 6.07) is -4.46. The highest BCUT2D eigenvalue weighted by Crippen LogP contribution is 2.36. The number of ketones is 2. The molecule has 1 amide bonds. The van der Waals surface area contributed by atoms with E-state index in [-0.39, 0.29) is 69.2 Å². The second kappa shape index (κ2) is 28.6. The van der Waals surface area contributed by atoms with Crippen molar-refractivity contribution in [2.75, 3.05) is 26.2 Å². The summed E-state index contributed by atoms with van der Waals surface area (Å²) in [4.78, 5) is 48.1. The van der Waals surface area contributed by atoms with Gasteiger partial charge >= 0.3 is 0 Å². The predicted molar refractivity (Wildman–Crippen MR) is 265 cm³/mol. The van der Waals surface area contributed by atoms with Gasteiger partial charge in [-0.2, -0.15) is 0 Å². The van der Waals surface area contributed by atoms with Crippen LogP contribution in [0.4, 0.5) is 0 Å². The van der Waals surface area contributed by atoms with Gasteiger partial charge in [-0.3, -0.25) is 14.4 Å². The number of thiazole rings is 2. The Morgan fingerprint density at radius 2 is 1.21 bits per heavy atom. The van der Waals surface area contributed by atoms with Crippen LogP contribution in [0.3, 0.4) is 0 Å². The van der Waals surface area contributed by atoms with Gasteiger partial charge < -0.3 is 105 Å². The molecule has 3 aliphatic heterocycles. The molecule has 414 valence electrons. The highest BCUT2D eigenvalue weighted by Gasteiger charge is 2.54. The standard InChI is InChI=1S/C46H78N10O15S2/c47-14-7-5-3-1-2-4-6-8-26(58)24-19-73-43(56-24)25-20-72-31(55-25)13-15-54-30(59)12-10-21(57)9-11-27-41(70-45-33(53)38(64)36(62)29(18-49)68-45)39(65)46(66-27)71-42-34(60)22(50)16-23(51)40(42)69-44-32(52)37(63)35(61)28(17-48)67-44/h19-20,22-23,27-29,32-42,44-46,60-65H,1-18,47-53H2,(H,54,59). The lowest BCUT2D eigenvalue weighted by Gasteiger charge is -2.47. The number of hydrogen-bond donors (Lipinski definition) is 14. The molecule has 3 saturated heterocycles. The normalized spacial score (nSPS) is 35.8. The van der Waals surface area contributed by atoms with E-state index in [4.69, 9.17) is 68.6 Å². The van der Waals surface area contributed by atoms with Crippen molar-refractivity contribution < 1.29 is 73.4 Å². The van der Waals surface area contributed by atoms with Crippen molar-refractivity contribution in [1.82, 2.24) is 15.3 Å². The number of nitrogens with two attached hydrogens (primary N) is 7. The van der Waals surface area contributed by atoms with Crippen molar-refractivity contribution in [2.24, 2.45) is 40.1 Å². The molecule has 73 heavy (non-hydrogen) atoms. The van der Waals surface area contributed by atoms with E-state index in [0.29, 0.717) is 29.2 Å². The largest absolute Gasteiger partial charge is 0.389 e. The lowest BCUT2D eigenvalue weighted by molar-refractivity contribution is -0.306. The van der Waals surface area contributed by atoms with Crippen molar-refractivity contribution in [3.05, 3.63) is 21.5 Å². The maximum atomic E-state index is 13.3. The van der Waals surface area contributed by atoms with Gasteiger partial charge in [-0.15, -0.1) is 22.7 Å².